The molecule has 1 fully saturated rings. The molecule has 1 N–H and O–H groups in total. The van der Waals surface area contributed by atoms with Crippen molar-refractivity contribution in [3.05, 3.63) is 59.7 Å². The lowest BCUT2D eigenvalue weighted by atomic mass is 10.0. The van der Waals surface area contributed by atoms with Crippen molar-refractivity contribution < 1.29 is 19.0 Å². The van der Waals surface area contributed by atoms with Crippen LogP contribution in [-0.2, 0) is 16.1 Å². The van der Waals surface area contributed by atoms with Crippen molar-refractivity contribution in [3.8, 4) is 11.5 Å². The van der Waals surface area contributed by atoms with E-state index in [1.54, 1.807) is 7.11 Å². The van der Waals surface area contributed by atoms with Crippen molar-refractivity contribution in [1.82, 2.24) is 10.2 Å². The normalized spacial score (nSPS) is 19.7. The van der Waals surface area contributed by atoms with Crippen molar-refractivity contribution in [3.63, 3.8) is 0 Å². The molecule has 1 amide bonds. The molecule has 2 heterocycles. The number of carbonyl (C=O) groups is 1. The van der Waals surface area contributed by atoms with E-state index in [-0.39, 0.29) is 24.7 Å². The average molecular weight is 396 g/mol. The summed E-state index contributed by atoms with van der Waals surface area (Å²) < 4.78 is 16.8. The molecule has 29 heavy (non-hydrogen) atoms. The zero-order valence-corrected chi connectivity index (χ0v) is 16.8. The molecule has 1 saturated heterocycles. The molecular weight excluding hydrogens is 368 g/mol. The summed E-state index contributed by atoms with van der Waals surface area (Å²) in [6.45, 7) is 3.54. The highest BCUT2D eigenvalue weighted by molar-refractivity contribution is 5.77. The second-order valence-corrected chi connectivity index (χ2v) is 7.66. The predicted molar refractivity (Wildman–Crippen MR) is 110 cm³/mol. The number of fused-ring (bicyclic) bond motifs is 1. The fourth-order valence-corrected chi connectivity index (χ4v) is 3.92. The summed E-state index contributed by atoms with van der Waals surface area (Å²) in [5, 5.41) is 3.04. The predicted octanol–water partition coefficient (Wildman–Crippen LogP) is 2.93. The first-order valence-corrected chi connectivity index (χ1v) is 10.2. The van der Waals surface area contributed by atoms with Crippen molar-refractivity contribution in [2.45, 2.75) is 31.5 Å². The van der Waals surface area contributed by atoms with Crippen LogP contribution in [0.25, 0.3) is 0 Å². The number of nitrogens with zero attached hydrogens (tertiary/aromatic N) is 1. The van der Waals surface area contributed by atoms with Crippen molar-refractivity contribution in [1.29, 1.82) is 0 Å². The second kappa shape index (κ2) is 9.29. The van der Waals surface area contributed by atoms with E-state index in [2.05, 4.69) is 34.5 Å². The molecule has 0 bridgehead atoms. The lowest BCUT2D eigenvalue weighted by molar-refractivity contribution is -0.125. The Bertz CT molecular complexity index is 816. The molecule has 0 aromatic heterocycles. The molecule has 154 valence electrons. The first kappa shape index (κ1) is 19.7. The van der Waals surface area contributed by atoms with Gasteiger partial charge in [-0.25, -0.2) is 0 Å². The minimum absolute atomic E-state index is 0.0296. The third-order valence-corrected chi connectivity index (χ3v) is 5.49. The molecule has 6 nitrogen and oxygen atoms in total. The van der Waals surface area contributed by atoms with Gasteiger partial charge in [0.1, 0.15) is 13.2 Å². The van der Waals surface area contributed by atoms with E-state index in [9.17, 15) is 4.79 Å². The number of benzene rings is 2. The van der Waals surface area contributed by atoms with Crippen molar-refractivity contribution >= 4 is 5.91 Å². The topological polar surface area (TPSA) is 60.0 Å². The molecule has 1 unspecified atom stereocenters. The fraction of sp³-hybridized carbons (Fsp3) is 0.435. The molecule has 0 saturated carbocycles. The Kier molecular flexibility index (Phi) is 6.32. The number of piperidine rings is 1. The first-order valence-electron chi connectivity index (χ1n) is 10.2. The van der Waals surface area contributed by atoms with Gasteiger partial charge in [-0.05, 0) is 36.1 Å². The number of ether oxygens (including phenoxy) is 3. The summed E-state index contributed by atoms with van der Waals surface area (Å²) in [6.07, 6.45) is 1.87. The van der Waals surface area contributed by atoms with E-state index in [1.807, 2.05) is 24.3 Å². The molecule has 2 aliphatic heterocycles. The highest BCUT2D eigenvalue weighted by Gasteiger charge is 2.23. The number of rotatable bonds is 6. The van der Waals surface area contributed by atoms with Crippen LogP contribution in [-0.4, -0.2) is 50.3 Å². The fourth-order valence-electron chi connectivity index (χ4n) is 3.92. The van der Waals surface area contributed by atoms with Crippen LogP contribution < -0.4 is 14.8 Å². The number of amides is 1. The third kappa shape index (κ3) is 5.08. The van der Waals surface area contributed by atoms with E-state index in [0.29, 0.717) is 6.61 Å². The smallest absolute Gasteiger partial charge is 0.246 e. The van der Waals surface area contributed by atoms with Crippen molar-refractivity contribution in [2.75, 3.05) is 33.4 Å². The van der Waals surface area contributed by atoms with E-state index >= 15 is 0 Å². The largest absolute Gasteiger partial charge is 0.485 e. The van der Waals surface area contributed by atoms with E-state index < -0.39 is 0 Å². The van der Waals surface area contributed by atoms with Gasteiger partial charge < -0.3 is 19.5 Å². The van der Waals surface area contributed by atoms with Gasteiger partial charge in [0, 0.05) is 32.8 Å². The maximum atomic E-state index is 11.6. The van der Waals surface area contributed by atoms with Crippen LogP contribution >= 0.6 is 0 Å². The Morgan fingerprint density at radius 3 is 2.55 bits per heavy atom. The van der Waals surface area contributed by atoms with Gasteiger partial charge in [-0.3, -0.25) is 9.69 Å². The number of likely N-dealkylation sites (tertiary alicyclic amines) is 1. The molecule has 1 atom stereocenters. The molecule has 6 heteroatoms. The SMILES string of the molecule is COCC(=O)NC1CCN(Cc2ccc(C3COc4ccccc4O3)cc2)CC1. The standard InChI is InChI=1S/C23H28N2O4/c1-27-16-23(26)24-19-10-12-25(13-11-19)14-17-6-8-18(9-7-17)22-15-28-20-4-2-3-5-21(20)29-22/h2-9,19,22H,10-16H2,1H3,(H,24,26). The van der Waals surface area contributed by atoms with Gasteiger partial charge in [-0.2, -0.15) is 0 Å². The summed E-state index contributed by atoms with van der Waals surface area (Å²) >= 11 is 0. The van der Waals surface area contributed by atoms with Gasteiger partial charge in [-0.1, -0.05) is 36.4 Å². The number of nitrogens with one attached hydrogen (secondary N) is 1. The molecule has 0 radical (unpaired) electrons. The van der Waals surface area contributed by atoms with Crippen LogP contribution in [0.5, 0.6) is 11.5 Å². The van der Waals surface area contributed by atoms with E-state index in [1.165, 1.54) is 5.56 Å². The molecule has 2 aromatic carbocycles. The molecular formula is C23H28N2O4. The highest BCUT2D eigenvalue weighted by atomic mass is 16.6. The number of hydrogen-bond donors (Lipinski definition) is 1. The molecule has 0 spiro atoms. The summed E-state index contributed by atoms with van der Waals surface area (Å²) in [5.41, 5.74) is 2.41. The van der Waals surface area contributed by atoms with Crippen LogP contribution in [0.2, 0.25) is 0 Å². The maximum absolute atomic E-state index is 11.6. The Labute approximate surface area is 171 Å². The van der Waals surface area contributed by atoms with Crippen LogP contribution in [0, 0.1) is 0 Å². The third-order valence-electron chi connectivity index (χ3n) is 5.49. The maximum Gasteiger partial charge on any atom is 0.246 e. The van der Waals surface area contributed by atoms with Gasteiger partial charge in [0.25, 0.3) is 0 Å². The average Bonchev–Trinajstić information content (AvgIpc) is 2.75. The zero-order valence-electron chi connectivity index (χ0n) is 16.8. The number of methoxy groups -OCH3 is 1. The minimum Gasteiger partial charge on any atom is -0.485 e. The molecule has 2 aromatic rings. The van der Waals surface area contributed by atoms with Gasteiger partial charge in [0.15, 0.2) is 17.6 Å². The Hall–Kier alpha value is -2.57. The number of hydrogen-bond acceptors (Lipinski definition) is 5. The molecule has 2 aliphatic rings. The summed E-state index contributed by atoms with van der Waals surface area (Å²) in [6, 6.07) is 16.6. The lowest BCUT2D eigenvalue weighted by Crippen LogP contribution is -2.45. The highest BCUT2D eigenvalue weighted by Crippen LogP contribution is 2.35. The summed E-state index contributed by atoms with van der Waals surface area (Å²) in [4.78, 5) is 14.1. The van der Waals surface area contributed by atoms with Crippen LogP contribution in [0.3, 0.4) is 0 Å². The summed E-state index contributed by atoms with van der Waals surface area (Å²) in [7, 11) is 1.54. The van der Waals surface area contributed by atoms with Gasteiger partial charge in [-0.15, -0.1) is 0 Å². The lowest BCUT2D eigenvalue weighted by Gasteiger charge is -2.32. The second-order valence-electron chi connectivity index (χ2n) is 7.66. The molecule has 4 rings (SSSR count). The number of carbonyl (C=O) groups excluding carboxylic acids is 1. The van der Waals surface area contributed by atoms with Crippen molar-refractivity contribution in [2.24, 2.45) is 0 Å². The Morgan fingerprint density at radius 1 is 1.10 bits per heavy atom. The number of para-hydroxylation sites is 2. The molecule has 0 aliphatic carbocycles. The summed E-state index contributed by atoms with van der Waals surface area (Å²) in [5.74, 6) is 1.58. The van der Waals surface area contributed by atoms with Gasteiger partial charge in [0.05, 0.1) is 0 Å². The van der Waals surface area contributed by atoms with Gasteiger partial charge in [0.2, 0.25) is 5.91 Å². The van der Waals surface area contributed by atoms with Crippen LogP contribution in [0.15, 0.2) is 48.5 Å². The monoisotopic (exact) mass is 396 g/mol. The first-order chi connectivity index (χ1) is 14.2. The Balaban J connectivity index is 1.27. The van der Waals surface area contributed by atoms with Gasteiger partial charge >= 0.3 is 0 Å². The van der Waals surface area contributed by atoms with Crippen LogP contribution in [0.1, 0.15) is 30.1 Å². The van der Waals surface area contributed by atoms with Crippen LogP contribution in [0.4, 0.5) is 0 Å². The zero-order chi connectivity index (χ0) is 20.1. The minimum atomic E-state index is -0.0783. The van der Waals surface area contributed by atoms with E-state index in [4.69, 9.17) is 14.2 Å². The quantitative estimate of drug-likeness (QED) is 0.814. The Morgan fingerprint density at radius 2 is 1.83 bits per heavy atom. The van der Waals surface area contributed by atoms with E-state index in [0.717, 1.165) is 49.5 Å².